The minimum absolute atomic E-state index is 0.235. The number of nitrogens with one attached hydrogen (secondary N) is 1. The monoisotopic (exact) mass is 234 g/mol. The van der Waals surface area contributed by atoms with Crippen LogP contribution in [0.5, 0.6) is 0 Å². The Morgan fingerprint density at radius 1 is 1.56 bits per heavy atom. The zero-order chi connectivity index (χ0) is 11.5. The highest BCUT2D eigenvalue weighted by molar-refractivity contribution is 7.80. The molecule has 0 unspecified atom stereocenters. The van der Waals surface area contributed by atoms with Crippen molar-refractivity contribution < 1.29 is 0 Å². The van der Waals surface area contributed by atoms with Gasteiger partial charge in [-0.15, -0.1) is 0 Å². The summed E-state index contributed by atoms with van der Waals surface area (Å²) >= 11 is 4.89. The van der Waals surface area contributed by atoms with Gasteiger partial charge in [0.2, 0.25) is 0 Å². The van der Waals surface area contributed by atoms with Crippen LogP contribution in [0.2, 0.25) is 0 Å². The molecule has 3 N–H and O–H groups in total. The minimum atomic E-state index is -0.235. The van der Waals surface area contributed by atoms with Crippen LogP contribution in [0.4, 0.5) is 0 Å². The van der Waals surface area contributed by atoms with Crippen LogP contribution in [-0.2, 0) is 6.54 Å². The van der Waals surface area contributed by atoms with Gasteiger partial charge in [0.25, 0.3) is 0 Å². The number of nitrogens with zero attached hydrogens (tertiary/aromatic N) is 2. The van der Waals surface area contributed by atoms with E-state index >= 15 is 0 Å². The molecule has 0 amide bonds. The number of hydrogen-bond acceptors (Lipinski definition) is 3. The lowest BCUT2D eigenvalue weighted by molar-refractivity contribution is 0.761. The van der Waals surface area contributed by atoms with Crippen molar-refractivity contribution in [2.45, 2.75) is 6.54 Å². The molecular formula is C10H10N4OS. The third kappa shape index (κ3) is 2.17. The molecule has 1 aromatic carbocycles. The lowest BCUT2D eigenvalue weighted by atomic mass is 10.1. The van der Waals surface area contributed by atoms with Crippen LogP contribution in [0.15, 0.2) is 35.4 Å². The molecule has 0 aliphatic carbocycles. The van der Waals surface area contributed by atoms with E-state index in [0.29, 0.717) is 11.5 Å². The van der Waals surface area contributed by atoms with Crippen LogP contribution in [0.1, 0.15) is 11.1 Å². The van der Waals surface area contributed by atoms with E-state index in [1.54, 1.807) is 0 Å². The molecule has 2 rings (SSSR count). The molecule has 1 aromatic heterocycles. The summed E-state index contributed by atoms with van der Waals surface area (Å²) < 4.78 is 1.47. The predicted octanol–water partition coefficient (Wildman–Crippen LogP) is 0.254. The maximum atomic E-state index is 11.2. The second-order valence-corrected chi connectivity index (χ2v) is 3.79. The summed E-state index contributed by atoms with van der Waals surface area (Å²) in [6, 6.07) is 7.46. The molecule has 0 aliphatic heterocycles. The highest BCUT2D eigenvalue weighted by atomic mass is 32.1. The fourth-order valence-corrected chi connectivity index (χ4v) is 1.53. The predicted molar refractivity (Wildman–Crippen MR) is 64.3 cm³/mol. The molecule has 5 nitrogen and oxygen atoms in total. The van der Waals surface area contributed by atoms with E-state index in [1.165, 1.54) is 10.9 Å². The highest BCUT2D eigenvalue weighted by Gasteiger charge is 2.01. The van der Waals surface area contributed by atoms with Crippen LogP contribution in [0.25, 0.3) is 0 Å². The van der Waals surface area contributed by atoms with Crippen LogP contribution in [0, 0.1) is 0 Å². The Kier molecular flexibility index (Phi) is 2.82. The number of hydrogen-bond donors (Lipinski definition) is 2. The first kappa shape index (κ1) is 10.6. The maximum absolute atomic E-state index is 11.2. The van der Waals surface area contributed by atoms with Gasteiger partial charge in [0, 0.05) is 5.56 Å². The number of thiocarbonyl (C=S) groups is 1. The first-order valence-electron chi connectivity index (χ1n) is 4.65. The second kappa shape index (κ2) is 4.28. The molecule has 2 aromatic rings. The Hall–Kier alpha value is -1.95. The number of H-pyrrole nitrogens is 1. The van der Waals surface area contributed by atoms with Crippen molar-refractivity contribution in [3.05, 3.63) is 52.2 Å². The van der Waals surface area contributed by atoms with E-state index in [-0.39, 0.29) is 5.69 Å². The summed E-state index contributed by atoms with van der Waals surface area (Å²) in [6.07, 6.45) is 1.45. The van der Waals surface area contributed by atoms with E-state index in [1.807, 2.05) is 24.3 Å². The third-order valence-electron chi connectivity index (χ3n) is 2.18. The summed E-state index contributed by atoms with van der Waals surface area (Å²) in [5, 5.41) is 5.98. The number of nitrogens with two attached hydrogens (primary N) is 1. The van der Waals surface area contributed by atoms with Crippen molar-refractivity contribution >= 4 is 17.2 Å². The molecular weight excluding hydrogens is 224 g/mol. The quantitative estimate of drug-likeness (QED) is 0.747. The molecule has 0 aliphatic rings. The van der Waals surface area contributed by atoms with Gasteiger partial charge in [-0.3, -0.25) is 4.57 Å². The Morgan fingerprint density at radius 3 is 3.00 bits per heavy atom. The zero-order valence-electron chi connectivity index (χ0n) is 8.38. The van der Waals surface area contributed by atoms with Crippen LogP contribution >= 0.6 is 12.2 Å². The number of aromatic amines is 1. The molecule has 0 radical (unpaired) electrons. The van der Waals surface area contributed by atoms with Crippen molar-refractivity contribution in [3.63, 3.8) is 0 Å². The number of benzene rings is 1. The van der Waals surface area contributed by atoms with Gasteiger partial charge in [0.05, 0.1) is 6.54 Å². The number of aromatic nitrogens is 3. The Balaban J connectivity index is 2.29. The average molecular weight is 234 g/mol. The highest BCUT2D eigenvalue weighted by Crippen LogP contribution is 2.06. The van der Waals surface area contributed by atoms with Gasteiger partial charge < -0.3 is 5.73 Å². The molecule has 0 saturated heterocycles. The fraction of sp³-hybridized carbons (Fsp3) is 0.100. The Morgan fingerprint density at radius 2 is 2.38 bits per heavy atom. The second-order valence-electron chi connectivity index (χ2n) is 3.35. The van der Waals surface area contributed by atoms with Crippen molar-refractivity contribution in [3.8, 4) is 0 Å². The van der Waals surface area contributed by atoms with Crippen molar-refractivity contribution in [2.75, 3.05) is 0 Å². The van der Waals surface area contributed by atoms with Gasteiger partial charge in [-0.25, -0.2) is 9.89 Å². The third-order valence-corrected chi connectivity index (χ3v) is 2.42. The molecule has 16 heavy (non-hydrogen) atoms. The summed E-state index contributed by atoms with van der Waals surface area (Å²) in [4.78, 5) is 11.6. The first-order chi connectivity index (χ1) is 7.66. The molecule has 0 spiro atoms. The molecule has 0 fully saturated rings. The van der Waals surface area contributed by atoms with Gasteiger partial charge in [-0.1, -0.05) is 30.4 Å². The Labute approximate surface area is 96.9 Å². The molecule has 1 heterocycles. The molecule has 6 heteroatoms. The SMILES string of the molecule is NC(=S)c1cccc(Cn2cn[nH]c2=O)c1. The normalized spacial score (nSPS) is 10.2. The van der Waals surface area contributed by atoms with Crippen molar-refractivity contribution in [1.29, 1.82) is 0 Å². The van der Waals surface area contributed by atoms with Crippen LogP contribution in [0.3, 0.4) is 0 Å². The topological polar surface area (TPSA) is 76.7 Å². The molecule has 0 bridgehead atoms. The molecule has 82 valence electrons. The van der Waals surface area contributed by atoms with E-state index < -0.39 is 0 Å². The summed E-state index contributed by atoms with van der Waals surface area (Å²) in [6.45, 7) is 0.450. The maximum Gasteiger partial charge on any atom is 0.343 e. The van der Waals surface area contributed by atoms with Crippen LogP contribution < -0.4 is 11.4 Å². The summed E-state index contributed by atoms with van der Waals surface area (Å²) in [5.41, 5.74) is 7.04. The van der Waals surface area contributed by atoms with Gasteiger partial charge in [-0.2, -0.15) is 5.10 Å². The Bertz CT molecular complexity index is 572. The molecule has 0 atom stereocenters. The lowest BCUT2D eigenvalue weighted by Crippen LogP contribution is -2.17. The number of rotatable bonds is 3. The van der Waals surface area contributed by atoms with E-state index in [9.17, 15) is 4.79 Å². The average Bonchev–Trinajstić information content (AvgIpc) is 2.65. The van der Waals surface area contributed by atoms with Crippen molar-refractivity contribution in [2.24, 2.45) is 5.73 Å². The van der Waals surface area contributed by atoms with E-state index in [2.05, 4.69) is 10.2 Å². The lowest BCUT2D eigenvalue weighted by Gasteiger charge is -2.03. The standard InChI is InChI=1S/C10H10N4OS/c11-9(16)8-3-1-2-7(4-8)5-14-6-12-13-10(14)15/h1-4,6H,5H2,(H2,11,16)(H,13,15). The van der Waals surface area contributed by atoms with Gasteiger partial charge in [-0.05, 0) is 11.6 Å². The van der Waals surface area contributed by atoms with Gasteiger partial charge >= 0.3 is 5.69 Å². The van der Waals surface area contributed by atoms with E-state index in [4.69, 9.17) is 18.0 Å². The zero-order valence-corrected chi connectivity index (χ0v) is 9.20. The smallest absolute Gasteiger partial charge is 0.343 e. The first-order valence-corrected chi connectivity index (χ1v) is 5.06. The summed E-state index contributed by atoms with van der Waals surface area (Å²) in [7, 11) is 0. The van der Waals surface area contributed by atoms with Gasteiger partial charge in [0.1, 0.15) is 11.3 Å². The fourth-order valence-electron chi connectivity index (χ4n) is 1.40. The van der Waals surface area contributed by atoms with Crippen molar-refractivity contribution in [1.82, 2.24) is 14.8 Å². The van der Waals surface area contributed by atoms with Gasteiger partial charge in [0.15, 0.2) is 0 Å². The van der Waals surface area contributed by atoms with Crippen LogP contribution in [-0.4, -0.2) is 19.8 Å². The molecule has 0 saturated carbocycles. The minimum Gasteiger partial charge on any atom is -0.389 e. The largest absolute Gasteiger partial charge is 0.389 e. The summed E-state index contributed by atoms with van der Waals surface area (Å²) in [5.74, 6) is 0. The van der Waals surface area contributed by atoms with E-state index in [0.717, 1.165) is 11.1 Å².